The summed E-state index contributed by atoms with van der Waals surface area (Å²) in [5, 5.41) is 0. The second-order valence-electron chi connectivity index (χ2n) is 4.11. The molecule has 0 amide bonds. The monoisotopic (exact) mass is 212 g/mol. The van der Waals surface area contributed by atoms with Gasteiger partial charge in [0.2, 0.25) is 0 Å². The SMILES string of the molecule is Cc1ccc(N)cc1-c1cccc(C)c1N. The first-order valence-corrected chi connectivity index (χ1v) is 5.31. The molecule has 2 aromatic rings. The number of anilines is 2. The van der Waals surface area contributed by atoms with Crippen LogP contribution in [0.2, 0.25) is 0 Å². The Balaban J connectivity index is 2.67. The lowest BCUT2D eigenvalue weighted by Crippen LogP contribution is -1.95. The van der Waals surface area contributed by atoms with E-state index < -0.39 is 0 Å². The lowest BCUT2D eigenvalue weighted by molar-refractivity contribution is 1.43. The van der Waals surface area contributed by atoms with Crippen molar-refractivity contribution < 1.29 is 0 Å². The molecule has 0 heterocycles. The molecule has 4 N–H and O–H groups in total. The molecule has 0 atom stereocenters. The molecule has 0 saturated heterocycles. The standard InChI is InChI=1S/C14H16N2/c1-9-6-7-11(15)8-13(9)12-5-3-4-10(2)14(12)16/h3-8H,15-16H2,1-2H3. The van der Waals surface area contributed by atoms with Gasteiger partial charge in [0, 0.05) is 16.9 Å². The van der Waals surface area contributed by atoms with Gasteiger partial charge in [-0.25, -0.2) is 0 Å². The first-order valence-electron chi connectivity index (χ1n) is 5.31. The highest BCUT2D eigenvalue weighted by Gasteiger charge is 2.07. The highest BCUT2D eigenvalue weighted by molar-refractivity contribution is 5.81. The zero-order valence-electron chi connectivity index (χ0n) is 9.62. The molecule has 0 radical (unpaired) electrons. The van der Waals surface area contributed by atoms with E-state index >= 15 is 0 Å². The zero-order chi connectivity index (χ0) is 11.7. The third-order valence-electron chi connectivity index (χ3n) is 2.88. The Bertz CT molecular complexity index is 530. The van der Waals surface area contributed by atoms with Gasteiger partial charge in [-0.15, -0.1) is 0 Å². The Kier molecular flexibility index (Phi) is 2.57. The molecular weight excluding hydrogens is 196 g/mol. The lowest BCUT2D eigenvalue weighted by Gasteiger charge is -2.11. The molecular formula is C14H16N2. The summed E-state index contributed by atoms with van der Waals surface area (Å²) in [7, 11) is 0. The Morgan fingerprint density at radius 2 is 1.56 bits per heavy atom. The first kappa shape index (κ1) is 10.6. The maximum absolute atomic E-state index is 6.09. The highest BCUT2D eigenvalue weighted by atomic mass is 14.6. The van der Waals surface area contributed by atoms with Crippen LogP contribution < -0.4 is 11.5 Å². The number of hydrogen-bond acceptors (Lipinski definition) is 2. The number of para-hydroxylation sites is 1. The number of rotatable bonds is 1. The molecule has 2 rings (SSSR count). The fraction of sp³-hybridized carbons (Fsp3) is 0.143. The van der Waals surface area contributed by atoms with Gasteiger partial charge in [0.15, 0.2) is 0 Å². The van der Waals surface area contributed by atoms with Crippen molar-refractivity contribution in [3.05, 3.63) is 47.5 Å². The van der Waals surface area contributed by atoms with Crippen molar-refractivity contribution in [1.29, 1.82) is 0 Å². The molecule has 0 bridgehead atoms. The molecule has 2 heteroatoms. The Morgan fingerprint density at radius 1 is 0.812 bits per heavy atom. The number of hydrogen-bond donors (Lipinski definition) is 2. The van der Waals surface area contributed by atoms with E-state index in [2.05, 4.69) is 6.92 Å². The summed E-state index contributed by atoms with van der Waals surface area (Å²) >= 11 is 0. The van der Waals surface area contributed by atoms with E-state index in [4.69, 9.17) is 11.5 Å². The van der Waals surface area contributed by atoms with E-state index in [1.165, 1.54) is 5.56 Å². The molecule has 0 fully saturated rings. The molecule has 0 aliphatic heterocycles. The van der Waals surface area contributed by atoms with Gasteiger partial charge in [-0.3, -0.25) is 0 Å². The second kappa shape index (κ2) is 3.89. The van der Waals surface area contributed by atoms with Crippen molar-refractivity contribution in [3.63, 3.8) is 0 Å². The van der Waals surface area contributed by atoms with Crippen LogP contribution in [-0.4, -0.2) is 0 Å². The molecule has 82 valence electrons. The van der Waals surface area contributed by atoms with Crippen LogP contribution in [0.5, 0.6) is 0 Å². The average molecular weight is 212 g/mol. The third-order valence-corrected chi connectivity index (χ3v) is 2.88. The van der Waals surface area contributed by atoms with Crippen molar-refractivity contribution in [2.24, 2.45) is 0 Å². The molecule has 2 nitrogen and oxygen atoms in total. The number of nitrogen functional groups attached to an aromatic ring is 2. The zero-order valence-corrected chi connectivity index (χ0v) is 9.62. The van der Waals surface area contributed by atoms with Gasteiger partial charge in [-0.2, -0.15) is 0 Å². The van der Waals surface area contributed by atoms with Gasteiger partial charge < -0.3 is 11.5 Å². The summed E-state index contributed by atoms with van der Waals surface area (Å²) in [5.74, 6) is 0. The molecule has 0 unspecified atom stereocenters. The highest BCUT2D eigenvalue weighted by Crippen LogP contribution is 2.31. The van der Waals surface area contributed by atoms with E-state index in [1.807, 2.05) is 43.3 Å². The Hall–Kier alpha value is -1.96. The fourth-order valence-electron chi connectivity index (χ4n) is 1.85. The van der Waals surface area contributed by atoms with Crippen LogP contribution in [0, 0.1) is 13.8 Å². The van der Waals surface area contributed by atoms with Crippen LogP contribution in [0.25, 0.3) is 11.1 Å². The van der Waals surface area contributed by atoms with Crippen molar-refractivity contribution in [2.45, 2.75) is 13.8 Å². The number of benzene rings is 2. The normalized spacial score (nSPS) is 10.4. The van der Waals surface area contributed by atoms with Gasteiger partial charge in [0.25, 0.3) is 0 Å². The van der Waals surface area contributed by atoms with Crippen molar-refractivity contribution >= 4 is 11.4 Å². The van der Waals surface area contributed by atoms with Crippen LogP contribution >= 0.6 is 0 Å². The number of nitrogens with two attached hydrogens (primary N) is 2. The smallest absolute Gasteiger partial charge is 0.0423 e. The minimum Gasteiger partial charge on any atom is -0.399 e. The second-order valence-corrected chi connectivity index (χ2v) is 4.11. The predicted molar refractivity (Wildman–Crippen MR) is 70.2 cm³/mol. The van der Waals surface area contributed by atoms with Gasteiger partial charge >= 0.3 is 0 Å². The topological polar surface area (TPSA) is 52.0 Å². The Labute approximate surface area is 95.9 Å². The van der Waals surface area contributed by atoms with Crippen molar-refractivity contribution in [3.8, 4) is 11.1 Å². The minimum atomic E-state index is 0.765. The first-order chi connectivity index (χ1) is 7.59. The van der Waals surface area contributed by atoms with E-state index in [1.54, 1.807) is 0 Å². The molecule has 16 heavy (non-hydrogen) atoms. The van der Waals surface area contributed by atoms with Crippen LogP contribution in [0.3, 0.4) is 0 Å². The summed E-state index contributed by atoms with van der Waals surface area (Å²) < 4.78 is 0. The van der Waals surface area contributed by atoms with E-state index in [0.29, 0.717) is 0 Å². The number of aryl methyl sites for hydroxylation is 2. The quantitative estimate of drug-likeness (QED) is 0.713. The van der Waals surface area contributed by atoms with E-state index in [0.717, 1.165) is 28.1 Å². The van der Waals surface area contributed by atoms with Gasteiger partial charge in [-0.05, 0) is 42.7 Å². The largest absolute Gasteiger partial charge is 0.399 e. The van der Waals surface area contributed by atoms with Gasteiger partial charge in [0.05, 0.1) is 0 Å². The van der Waals surface area contributed by atoms with Gasteiger partial charge in [0.1, 0.15) is 0 Å². The summed E-state index contributed by atoms with van der Waals surface area (Å²) in [6.07, 6.45) is 0. The predicted octanol–water partition coefficient (Wildman–Crippen LogP) is 3.13. The molecule has 2 aromatic carbocycles. The third kappa shape index (κ3) is 1.74. The molecule has 0 aliphatic rings. The van der Waals surface area contributed by atoms with Crippen LogP contribution in [-0.2, 0) is 0 Å². The summed E-state index contributed by atoms with van der Waals surface area (Å²) in [4.78, 5) is 0. The summed E-state index contributed by atoms with van der Waals surface area (Å²) in [5.41, 5.74) is 18.0. The lowest BCUT2D eigenvalue weighted by atomic mass is 9.96. The maximum Gasteiger partial charge on any atom is 0.0423 e. The maximum atomic E-state index is 6.09. The van der Waals surface area contributed by atoms with Gasteiger partial charge in [-0.1, -0.05) is 24.3 Å². The fourth-order valence-corrected chi connectivity index (χ4v) is 1.85. The van der Waals surface area contributed by atoms with Crippen LogP contribution in [0.4, 0.5) is 11.4 Å². The molecule has 0 spiro atoms. The molecule has 0 aliphatic carbocycles. The van der Waals surface area contributed by atoms with E-state index in [9.17, 15) is 0 Å². The average Bonchev–Trinajstić information content (AvgIpc) is 2.26. The van der Waals surface area contributed by atoms with Crippen molar-refractivity contribution in [1.82, 2.24) is 0 Å². The van der Waals surface area contributed by atoms with Crippen LogP contribution in [0.1, 0.15) is 11.1 Å². The van der Waals surface area contributed by atoms with Crippen molar-refractivity contribution in [2.75, 3.05) is 11.5 Å². The molecule has 0 aromatic heterocycles. The molecule has 0 saturated carbocycles. The summed E-state index contributed by atoms with van der Waals surface area (Å²) in [6.45, 7) is 4.08. The minimum absolute atomic E-state index is 0.765. The van der Waals surface area contributed by atoms with Crippen LogP contribution in [0.15, 0.2) is 36.4 Å². The van der Waals surface area contributed by atoms with E-state index in [-0.39, 0.29) is 0 Å². The summed E-state index contributed by atoms with van der Waals surface area (Å²) in [6, 6.07) is 12.0. The Morgan fingerprint density at radius 3 is 2.31 bits per heavy atom.